The second-order valence-corrected chi connectivity index (χ2v) is 12.0. The fraction of sp³-hybridized carbons (Fsp3) is 0.382. The Hall–Kier alpha value is -4.01. The summed E-state index contributed by atoms with van der Waals surface area (Å²) in [5.74, 6) is -0.319. The number of ether oxygens (including phenoxy) is 1. The minimum atomic E-state index is -1.23. The molecule has 8 heteroatoms. The molecule has 1 spiro atoms. The Morgan fingerprint density at radius 2 is 1.79 bits per heavy atom. The number of carbonyl (C=O) groups excluding carboxylic acids is 3. The summed E-state index contributed by atoms with van der Waals surface area (Å²) in [6.45, 7) is 3.43. The molecular formula is C34H35N3O5. The van der Waals surface area contributed by atoms with E-state index < -0.39 is 11.7 Å². The lowest BCUT2D eigenvalue weighted by Crippen LogP contribution is -2.47. The first kappa shape index (κ1) is 26.9. The van der Waals surface area contributed by atoms with Gasteiger partial charge in [0.15, 0.2) is 5.60 Å². The van der Waals surface area contributed by atoms with E-state index >= 15 is 0 Å². The summed E-state index contributed by atoms with van der Waals surface area (Å²) in [6.07, 6.45) is 1.37. The van der Waals surface area contributed by atoms with Crippen molar-refractivity contribution in [2.45, 2.75) is 63.4 Å². The van der Waals surface area contributed by atoms with Gasteiger partial charge in [-0.2, -0.15) is 0 Å². The van der Waals surface area contributed by atoms with Gasteiger partial charge in [0.1, 0.15) is 0 Å². The average molecular weight is 566 g/mol. The fourth-order valence-electron chi connectivity index (χ4n) is 7.22. The maximum absolute atomic E-state index is 14.4. The molecule has 4 atom stereocenters. The molecule has 0 unspecified atom stereocenters. The largest absolute Gasteiger partial charge is 0.394 e. The van der Waals surface area contributed by atoms with Gasteiger partial charge in [0, 0.05) is 36.7 Å². The highest BCUT2D eigenvalue weighted by atomic mass is 16.5. The second-order valence-electron chi connectivity index (χ2n) is 12.0. The lowest BCUT2D eigenvalue weighted by Gasteiger charge is -2.36. The molecule has 2 fully saturated rings. The van der Waals surface area contributed by atoms with Crippen LogP contribution < -0.4 is 9.80 Å². The zero-order chi connectivity index (χ0) is 29.0. The van der Waals surface area contributed by atoms with Crippen molar-refractivity contribution in [2.75, 3.05) is 23.0 Å². The zero-order valence-electron chi connectivity index (χ0n) is 23.7. The molecule has 0 radical (unpaired) electrons. The highest BCUT2D eigenvalue weighted by Gasteiger charge is 2.60. The number of hydrogen-bond donors (Lipinski definition) is 1. The minimum Gasteiger partial charge on any atom is -0.394 e. The summed E-state index contributed by atoms with van der Waals surface area (Å²) in [5, 5.41) is 10.1. The van der Waals surface area contributed by atoms with Crippen molar-refractivity contribution < 1.29 is 24.2 Å². The van der Waals surface area contributed by atoms with Gasteiger partial charge in [-0.15, -0.1) is 0 Å². The van der Waals surface area contributed by atoms with Crippen molar-refractivity contribution in [3.05, 3.63) is 95.1 Å². The van der Waals surface area contributed by atoms with Crippen LogP contribution in [0, 0.1) is 5.92 Å². The summed E-state index contributed by atoms with van der Waals surface area (Å²) < 4.78 is 6.74. The van der Waals surface area contributed by atoms with Crippen LogP contribution in [0.2, 0.25) is 0 Å². The van der Waals surface area contributed by atoms with Crippen molar-refractivity contribution in [2.24, 2.45) is 5.92 Å². The van der Waals surface area contributed by atoms with Crippen LogP contribution in [0.4, 0.5) is 11.4 Å². The number of hydrogen-bond acceptors (Lipinski definition) is 5. The van der Waals surface area contributed by atoms with Gasteiger partial charge in [0.2, 0.25) is 11.8 Å². The van der Waals surface area contributed by atoms with Crippen LogP contribution >= 0.6 is 0 Å². The molecule has 3 amide bonds. The Morgan fingerprint density at radius 3 is 2.50 bits per heavy atom. The number of carbonyl (C=O) groups is 3. The number of aliphatic hydroxyl groups is 1. The first-order valence-electron chi connectivity index (χ1n) is 14.8. The number of aliphatic hydroxyl groups excluding tert-OH is 1. The Bertz CT molecular complexity index is 1560. The molecule has 4 heterocycles. The normalized spacial score (nSPS) is 26.4. The number of benzene rings is 3. The molecule has 8 nitrogen and oxygen atoms in total. The van der Waals surface area contributed by atoms with Crippen LogP contribution in [-0.2, 0) is 44.2 Å². The smallest absolute Gasteiger partial charge is 0.264 e. The lowest BCUT2D eigenvalue weighted by molar-refractivity contribution is -0.151. The van der Waals surface area contributed by atoms with E-state index in [9.17, 15) is 19.5 Å². The van der Waals surface area contributed by atoms with Crippen molar-refractivity contribution in [1.29, 1.82) is 0 Å². The van der Waals surface area contributed by atoms with Crippen LogP contribution in [0.5, 0.6) is 0 Å². The zero-order valence-corrected chi connectivity index (χ0v) is 23.7. The maximum Gasteiger partial charge on any atom is 0.264 e. The van der Waals surface area contributed by atoms with E-state index in [2.05, 4.69) is 6.07 Å². The summed E-state index contributed by atoms with van der Waals surface area (Å²) in [6, 6.07) is 23.4. The highest BCUT2D eigenvalue weighted by Crippen LogP contribution is 2.55. The number of fused-ring (bicyclic) bond motifs is 3. The molecular weight excluding hydrogens is 530 g/mol. The van der Waals surface area contributed by atoms with E-state index in [4.69, 9.17) is 4.74 Å². The third-order valence-corrected chi connectivity index (χ3v) is 9.53. The van der Waals surface area contributed by atoms with Gasteiger partial charge in [-0.05, 0) is 47.7 Å². The van der Waals surface area contributed by atoms with Gasteiger partial charge < -0.3 is 24.5 Å². The van der Waals surface area contributed by atoms with Gasteiger partial charge in [0.25, 0.3) is 5.91 Å². The van der Waals surface area contributed by atoms with E-state index in [0.717, 1.165) is 33.6 Å². The van der Waals surface area contributed by atoms with E-state index in [-0.39, 0.29) is 42.7 Å². The molecule has 7 rings (SSSR count). The molecule has 42 heavy (non-hydrogen) atoms. The first-order valence-corrected chi connectivity index (χ1v) is 14.8. The number of β-lactam (4-membered cyclic amide) rings is 1. The van der Waals surface area contributed by atoms with Gasteiger partial charge in [-0.1, -0.05) is 61.5 Å². The highest BCUT2D eigenvalue weighted by molar-refractivity contribution is 6.08. The summed E-state index contributed by atoms with van der Waals surface area (Å²) >= 11 is 0. The molecule has 2 saturated heterocycles. The molecule has 0 aromatic heterocycles. The molecule has 3 aromatic rings. The fourth-order valence-corrected chi connectivity index (χ4v) is 7.22. The molecule has 3 aromatic carbocycles. The standard InChI is InChI=1S/C34H35N3O5/c1-22-15-28(18-32(40)36-20-25-10-6-5-9-24(25)16-27(36)21-38)42-34(22)29-17-26(35-14-13-31(35)39)11-12-30(29)37(33(34)41)19-23-7-3-2-4-8-23/h2-12,17,22,27-28,38H,13-16,18-21H2,1H3/t22-,27+,28-,34+/m1/s1. The number of nitrogens with zero attached hydrogens (tertiary/aromatic N) is 3. The summed E-state index contributed by atoms with van der Waals surface area (Å²) in [5.41, 5.74) is 4.35. The summed E-state index contributed by atoms with van der Waals surface area (Å²) in [4.78, 5) is 45.7. The van der Waals surface area contributed by atoms with Crippen molar-refractivity contribution in [3.8, 4) is 0 Å². The summed E-state index contributed by atoms with van der Waals surface area (Å²) in [7, 11) is 0. The van der Waals surface area contributed by atoms with Gasteiger partial charge >= 0.3 is 0 Å². The third-order valence-electron chi connectivity index (χ3n) is 9.53. The van der Waals surface area contributed by atoms with E-state index in [1.54, 1.807) is 14.7 Å². The number of amides is 3. The van der Waals surface area contributed by atoms with Crippen LogP contribution in [-0.4, -0.2) is 53.0 Å². The monoisotopic (exact) mass is 565 g/mol. The third kappa shape index (κ3) is 4.24. The SMILES string of the molecule is C[C@@H]1C[C@H](CC(=O)N2Cc3ccccc3C[C@H]2CO)O[C@@]12C(=O)N(Cc1ccccc1)c1ccc(N3CCC3=O)cc12. The first-order chi connectivity index (χ1) is 20.4. The van der Waals surface area contributed by atoms with E-state index in [0.29, 0.717) is 38.9 Å². The van der Waals surface area contributed by atoms with Gasteiger partial charge in [-0.25, -0.2) is 0 Å². The van der Waals surface area contributed by atoms with Crippen LogP contribution in [0.15, 0.2) is 72.8 Å². The molecule has 4 aliphatic rings. The molecule has 0 aliphatic carbocycles. The molecule has 1 N–H and O–H groups in total. The molecule has 0 bridgehead atoms. The Kier molecular flexibility index (Phi) is 6.63. The van der Waals surface area contributed by atoms with Gasteiger partial charge in [0.05, 0.1) is 37.4 Å². The van der Waals surface area contributed by atoms with E-state index in [1.807, 2.05) is 73.7 Å². The number of anilines is 2. The second kappa shape index (κ2) is 10.4. The average Bonchev–Trinajstić information content (AvgIpc) is 3.45. The lowest BCUT2D eigenvalue weighted by atomic mass is 9.82. The Labute approximate surface area is 245 Å². The van der Waals surface area contributed by atoms with Crippen LogP contribution in [0.25, 0.3) is 0 Å². The van der Waals surface area contributed by atoms with Crippen LogP contribution in [0.1, 0.15) is 48.4 Å². The molecule has 216 valence electrons. The molecule has 0 saturated carbocycles. The van der Waals surface area contributed by atoms with Crippen molar-refractivity contribution >= 4 is 29.1 Å². The van der Waals surface area contributed by atoms with Crippen LogP contribution in [0.3, 0.4) is 0 Å². The maximum atomic E-state index is 14.4. The van der Waals surface area contributed by atoms with Crippen molar-refractivity contribution in [1.82, 2.24) is 4.90 Å². The minimum absolute atomic E-state index is 0.0693. The van der Waals surface area contributed by atoms with Gasteiger partial charge in [-0.3, -0.25) is 14.4 Å². The van der Waals surface area contributed by atoms with Crippen molar-refractivity contribution in [3.63, 3.8) is 0 Å². The predicted octanol–water partition coefficient (Wildman–Crippen LogP) is 3.93. The molecule has 4 aliphatic heterocycles. The van der Waals surface area contributed by atoms with E-state index in [1.165, 1.54) is 0 Å². The number of rotatable bonds is 6. The quantitative estimate of drug-likeness (QED) is 0.458. The topological polar surface area (TPSA) is 90.4 Å². The Morgan fingerprint density at radius 1 is 1.02 bits per heavy atom. The predicted molar refractivity (Wildman–Crippen MR) is 158 cm³/mol. The Balaban J connectivity index is 1.18.